The van der Waals surface area contributed by atoms with Crippen molar-refractivity contribution in [2.24, 2.45) is 5.92 Å². The zero-order chi connectivity index (χ0) is 23.5. The molecule has 4 amide bonds. The van der Waals surface area contributed by atoms with Crippen LogP contribution in [-0.2, 0) is 37.0 Å². The van der Waals surface area contributed by atoms with Gasteiger partial charge in [-0.2, -0.15) is 0 Å². The Labute approximate surface area is 191 Å². The Bertz CT molecular complexity index is 972. The highest BCUT2D eigenvalue weighted by molar-refractivity contribution is 6.05. The summed E-state index contributed by atoms with van der Waals surface area (Å²) in [6.07, 6.45) is 2.30. The summed E-state index contributed by atoms with van der Waals surface area (Å²) in [4.78, 5) is 66.0. The highest BCUT2D eigenvalue weighted by Crippen LogP contribution is 2.30. The molecule has 33 heavy (non-hydrogen) atoms. The molecule has 0 radical (unpaired) electrons. The first-order valence-corrected chi connectivity index (χ1v) is 11.2. The van der Waals surface area contributed by atoms with Gasteiger partial charge in [0.2, 0.25) is 12.3 Å². The number of benzene rings is 1. The molecule has 2 fully saturated rings. The number of nitrogens with one attached hydrogen (secondary N) is 1. The third kappa shape index (κ3) is 4.75. The standard InChI is InChI=1S/C23H28N4O6/c1-25-8-6-16(7-9-25)23(32)33-14-27-20(29)5-4-19(22(27)31)26-12-17-10-15(11-24-13-28)2-3-18(17)21(26)30/h2-3,10,13,16,19H,4-9,11-12,14H2,1H3,(H,24,28). The van der Waals surface area contributed by atoms with E-state index in [-0.39, 0.29) is 31.2 Å². The van der Waals surface area contributed by atoms with Crippen molar-refractivity contribution >= 4 is 30.1 Å². The summed E-state index contributed by atoms with van der Waals surface area (Å²) >= 11 is 0. The van der Waals surface area contributed by atoms with Crippen LogP contribution in [0.15, 0.2) is 18.2 Å². The second-order valence-corrected chi connectivity index (χ2v) is 8.81. The molecule has 10 heteroatoms. The van der Waals surface area contributed by atoms with Crippen molar-refractivity contribution in [1.82, 2.24) is 20.0 Å². The van der Waals surface area contributed by atoms with Crippen LogP contribution < -0.4 is 5.32 Å². The molecule has 3 heterocycles. The third-order valence-corrected chi connectivity index (χ3v) is 6.64. The lowest BCUT2D eigenvalue weighted by Crippen LogP contribution is -2.55. The summed E-state index contributed by atoms with van der Waals surface area (Å²) in [5.74, 6) is -1.82. The normalized spacial score (nSPS) is 21.8. The fraction of sp³-hybridized carbons (Fsp3) is 0.522. The zero-order valence-corrected chi connectivity index (χ0v) is 18.6. The Kier molecular flexibility index (Phi) is 6.73. The molecule has 1 atom stereocenters. The van der Waals surface area contributed by atoms with E-state index in [1.807, 2.05) is 13.1 Å². The predicted molar refractivity (Wildman–Crippen MR) is 115 cm³/mol. The molecule has 0 aliphatic carbocycles. The molecule has 1 N–H and O–H groups in total. The van der Waals surface area contributed by atoms with Gasteiger partial charge in [-0.05, 0) is 56.6 Å². The highest BCUT2D eigenvalue weighted by atomic mass is 16.5. The third-order valence-electron chi connectivity index (χ3n) is 6.64. The van der Waals surface area contributed by atoms with Gasteiger partial charge in [-0.25, -0.2) is 4.90 Å². The smallest absolute Gasteiger partial charge is 0.310 e. The number of likely N-dealkylation sites (tertiary alicyclic amines) is 2. The number of esters is 1. The van der Waals surface area contributed by atoms with Gasteiger partial charge in [0.05, 0.1) is 5.92 Å². The van der Waals surface area contributed by atoms with Gasteiger partial charge in [-0.1, -0.05) is 12.1 Å². The summed E-state index contributed by atoms with van der Waals surface area (Å²) in [5, 5.41) is 2.59. The van der Waals surface area contributed by atoms with Crippen molar-refractivity contribution in [1.29, 1.82) is 0 Å². The van der Waals surface area contributed by atoms with Crippen molar-refractivity contribution in [3.05, 3.63) is 34.9 Å². The molecule has 0 spiro atoms. The van der Waals surface area contributed by atoms with E-state index in [4.69, 9.17) is 4.74 Å². The first kappa shape index (κ1) is 22.9. The molecule has 10 nitrogen and oxygen atoms in total. The van der Waals surface area contributed by atoms with Gasteiger partial charge in [-0.3, -0.25) is 24.0 Å². The Morgan fingerprint density at radius 3 is 2.67 bits per heavy atom. The number of hydrogen-bond donors (Lipinski definition) is 1. The number of amides is 4. The number of hydrogen-bond acceptors (Lipinski definition) is 7. The summed E-state index contributed by atoms with van der Waals surface area (Å²) in [7, 11) is 1.99. The average Bonchev–Trinajstić information content (AvgIpc) is 3.13. The molecule has 2 saturated heterocycles. The molecule has 0 saturated carbocycles. The lowest BCUT2D eigenvalue weighted by atomic mass is 9.97. The highest BCUT2D eigenvalue weighted by Gasteiger charge is 2.43. The van der Waals surface area contributed by atoms with Crippen molar-refractivity contribution < 1.29 is 28.7 Å². The largest absolute Gasteiger partial charge is 0.443 e. The maximum absolute atomic E-state index is 13.1. The van der Waals surface area contributed by atoms with Crippen LogP contribution in [0.25, 0.3) is 0 Å². The number of carbonyl (C=O) groups excluding carboxylic acids is 5. The van der Waals surface area contributed by atoms with Crippen LogP contribution in [0, 0.1) is 5.92 Å². The minimum atomic E-state index is -0.791. The van der Waals surface area contributed by atoms with Crippen molar-refractivity contribution in [2.75, 3.05) is 26.9 Å². The number of rotatable bonds is 7. The Hall–Kier alpha value is -3.27. The molecule has 1 aromatic carbocycles. The van der Waals surface area contributed by atoms with Crippen molar-refractivity contribution in [2.45, 2.75) is 44.8 Å². The van der Waals surface area contributed by atoms with Crippen LogP contribution in [0.3, 0.4) is 0 Å². The van der Waals surface area contributed by atoms with Gasteiger partial charge in [0.15, 0.2) is 6.73 Å². The molecule has 1 unspecified atom stereocenters. The van der Waals surface area contributed by atoms with Crippen LogP contribution in [-0.4, -0.2) is 77.7 Å². The second kappa shape index (κ2) is 9.70. The average molecular weight is 456 g/mol. The Morgan fingerprint density at radius 1 is 1.18 bits per heavy atom. The fourth-order valence-electron chi connectivity index (χ4n) is 4.65. The molecule has 4 rings (SSSR count). The SMILES string of the molecule is CN1CCC(C(=O)OCN2C(=O)CCC(N3Cc4cc(CNC=O)ccc4C3=O)C2=O)CC1. The fourth-order valence-corrected chi connectivity index (χ4v) is 4.65. The topological polar surface area (TPSA) is 116 Å². The van der Waals surface area contributed by atoms with Gasteiger partial charge in [0, 0.05) is 25.1 Å². The summed E-state index contributed by atoms with van der Waals surface area (Å²) in [6.45, 7) is 1.77. The summed E-state index contributed by atoms with van der Waals surface area (Å²) < 4.78 is 5.34. The molecule has 3 aliphatic heterocycles. The molecule has 176 valence electrons. The predicted octanol–water partition coefficient (Wildman–Crippen LogP) is 0.249. The first-order valence-electron chi connectivity index (χ1n) is 11.2. The van der Waals surface area contributed by atoms with E-state index < -0.39 is 30.6 Å². The van der Waals surface area contributed by atoms with Gasteiger partial charge in [0.25, 0.3) is 11.8 Å². The molecular formula is C23H28N4O6. The zero-order valence-electron chi connectivity index (χ0n) is 18.6. The van der Waals surface area contributed by atoms with E-state index in [0.29, 0.717) is 31.4 Å². The van der Waals surface area contributed by atoms with E-state index in [9.17, 15) is 24.0 Å². The van der Waals surface area contributed by atoms with E-state index in [1.54, 1.807) is 12.1 Å². The van der Waals surface area contributed by atoms with E-state index in [2.05, 4.69) is 10.2 Å². The number of piperidine rings is 2. The van der Waals surface area contributed by atoms with Gasteiger partial charge in [-0.15, -0.1) is 0 Å². The van der Waals surface area contributed by atoms with Crippen LogP contribution >= 0.6 is 0 Å². The molecule has 0 bridgehead atoms. The number of nitrogens with zero attached hydrogens (tertiary/aromatic N) is 3. The number of fused-ring (bicyclic) bond motifs is 1. The molecule has 1 aromatic rings. The maximum Gasteiger partial charge on any atom is 0.310 e. The van der Waals surface area contributed by atoms with E-state index in [1.165, 1.54) is 4.90 Å². The van der Waals surface area contributed by atoms with Crippen molar-refractivity contribution in [3.63, 3.8) is 0 Å². The first-order chi connectivity index (χ1) is 15.9. The molecular weight excluding hydrogens is 428 g/mol. The monoisotopic (exact) mass is 456 g/mol. The maximum atomic E-state index is 13.1. The number of ether oxygens (including phenoxy) is 1. The molecule has 3 aliphatic rings. The Balaban J connectivity index is 1.40. The van der Waals surface area contributed by atoms with Crippen LogP contribution in [0.5, 0.6) is 0 Å². The van der Waals surface area contributed by atoms with Crippen LogP contribution in [0.2, 0.25) is 0 Å². The van der Waals surface area contributed by atoms with Crippen molar-refractivity contribution in [3.8, 4) is 0 Å². The summed E-state index contributed by atoms with van der Waals surface area (Å²) in [5.41, 5.74) is 2.13. The van der Waals surface area contributed by atoms with Gasteiger partial charge >= 0.3 is 5.97 Å². The lowest BCUT2D eigenvalue weighted by molar-refractivity contribution is -0.166. The van der Waals surface area contributed by atoms with E-state index >= 15 is 0 Å². The second-order valence-electron chi connectivity index (χ2n) is 8.81. The summed E-state index contributed by atoms with van der Waals surface area (Å²) in [6, 6.07) is 4.50. The van der Waals surface area contributed by atoms with Crippen LogP contribution in [0.4, 0.5) is 0 Å². The lowest BCUT2D eigenvalue weighted by Gasteiger charge is -2.35. The molecule has 0 aromatic heterocycles. The minimum absolute atomic E-state index is 0.0941. The van der Waals surface area contributed by atoms with Gasteiger partial charge < -0.3 is 19.9 Å². The van der Waals surface area contributed by atoms with Crippen LogP contribution in [0.1, 0.15) is 47.2 Å². The van der Waals surface area contributed by atoms with Gasteiger partial charge in [0.1, 0.15) is 6.04 Å². The van der Waals surface area contributed by atoms with E-state index in [0.717, 1.165) is 29.1 Å². The quantitative estimate of drug-likeness (QED) is 0.355. The number of carbonyl (C=O) groups is 5. The minimum Gasteiger partial charge on any atom is -0.443 e. The number of imide groups is 1. The Morgan fingerprint density at radius 2 is 1.94 bits per heavy atom.